The third kappa shape index (κ3) is 5.65. The average molecular weight is 493 g/mol. The molecule has 2 aromatic rings. The fraction of sp³-hybridized carbons (Fsp3) is 0.467. The van der Waals surface area contributed by atoms with Crippen LogP contribution in [0.2, 0.25) is 0 Å². The first kappa shape index (κ1) is 27.5. The number of aliphatic hydroxyl groups excluding tert-OH is 1. The Bertz CT molecular complexity index is 1120. The van der Waals surface area contributed by atoms with E-state index in [0.717, 1.165) is 29.8 Å². The van der Waals surface area contributed by atoms with Gasteiger partial charge in [-0.25, -0.2) is 0 Å². The van der Waals surface area contributed by atoms with E-state index in [9.17, 15) is 14.7 Å². The van der Waals surface area contributed by atoms with Crippen LogP contribution in [0.1, 0.15) is 69.8 Å². The molecule has 0 aliphatic carbocycles. The largest absolute Gasteiger partial charge is 0.507 e. The summed E-state index contributed by atoms with van der Waals surface area (Å²) in [7, 11) is 0. The molecule has 0 spiro atoms. The molecule has 0 saturated carbocycles. The predicted molar refractivity (Wildman–Crippen MR) is 144 cm³/mol. The van der Waals surface area contributed by atoms with Crippen molar-refractivity contribution in [3.63, 3.8) is 0 Å². The summed E-state index contributed by atoms with van der Waals surface area (Å²) in [5.74, 6) is -0.674. The number of ether oxygens (including phenoxy) is 1. The van der Waals surface area contributed by atoms with E-state index < -0.39 is 17.7 Å². The van der Waals surface area contributed by atoms with Crippen LogP contribution >= 0.6 is 0 Å². The van der Waals surface area contributed by atoms with Crippen LogP contribution in [0.25, 0.3) is 5.76 Å². The van der Waals surface area contributed by atoms with E-state index >= 15 is 0 Å². The first-order valence-corrected chi connectivity index (χ1v) is 12.9. The Labute approximate surface area is 215 Å². The van der Waals surface area contributed by atoms with E-state index in [1.54, 1.807) is 17.0 Å². The maximum Gasteiger partial charge on any atom is 0.295 e. The molecular formula is C30H40N2O4. The van der Waals surface area contributed by atoms with Gasteiger partial charge in [-0.1, -0.05) is 58.9 Å². The number of Topliss-reactive ketones (excluding diaryl/α,β-unsaturated/α-hetero) is 1. The van der Waals surface area contributed by atoms with Gasteiger partial charge in [0.15, 0.2) is 0 Å². The Hall–Kier alpha value is -3.12. The van der Waals surface area contributed by atoms with Crippen molar-refractivity contribution in [3.05, 3.63) is 70.3 Å². The maximum atomic E-state index is 13.4. The summed E-state index contributed by atoms with van der Waals surface area (Å²) in [4.78, 5) is 30.5. The van der Waals surface area contributed by atoms with E-state index in [-0.39, 0.29) is 16.7 Å². The second-order valence-corrected chi connectivity index (χ2v) is 10.3. The smallest absolute Gasteiger partial charge is 0.295 e. The molecule has 1 fully saturated rings. The number of benzene rings is 2. The van der Waals surface area contributed by atoms with Crippen molar-refractivity contribution in [2.45, 2.75) is 59.9 Å². The van der Waals surface area contributed by atoms with Gasteiger partial charge in [-0.05, 0) is 67.2 Å². The fourth-order valence-electron chi connectivity index (χ4n) is 4.71. The molecule has 6 nitrogen and oxygen atoms in total. The second kappa shape index (κ2) is 11.3. The van der Waals surface area contributed by atoms with Gasteiger partial charge in [0.1, 0.15) is 11.5 Å². The number of amides is 1. The molecule has 1 saturated heterocycles. The highest BCUT2D eigenvalue weighted by Gasteiger charge is 2.46. The van der Waals surface area contributed by atoms with Gasteiger partial charge >= 0.3 is 0 Å². The zero-order valence-electron chi connectivity index (χ0n) is 22.7. The molecule has 1 atom stereocenters. The summed E-state index contributed by atoms with van der Waals surface area (Å²) in [5.41, 5.74) is 3.38. The molecule has 0 unspecified atom stereocenters. The van der Waals surface area contributed by atoms with Crippen LogP contribution in [0.5, 0.6) is 5.75 Å². The topological polar surface area (TPSA) is 70.1 Å². The molecule has 0 radical (unpaired) electrons. The maximum absolute atomic E-state index is 13.4. The Kier molecular flexibility index (Phi) is 8.62. The minimum Gasteiger partial charge on any atom is -0.507 e. The number of hydrogen-bond acceptors (Lipinski definition) is 5. The first-order chi connectivity index (χ1) is 17.0. The summed E-state index contributed by atoms with van der Waals surface area (Å²) in [6, 6.07) is 12.7. The number of likely N-dealkylation sites (N-methyl/N-ethyl adjacent to an activating group) is 1. The molecule has 0 bridgehead atoms. The number of carbonyl (C=O) groups is 2. The standard InChI is InChI=1S/C30H40N2O4/c1-8-31(9-2)17-18-32-26(21-11-13-22(14-12-21)30(5,6)7)25(28(34)29(32)35)27(33)24-16-15-23(36-10-3)19-20(24)4/h11-16,19,26,33H,8-10,17-18H2,1-7H3/t26-/m1/s1. The summed E-state index contributed by atoms with van der Waals surface area (Å²) < 4.78 is 5.58. The number of likely N-dealkylation sites (tertiary alicyclic amines) is 1. The number of ketones is 1. The second-order valence-electron chi connectivity index (χ2n) is 10.3. The SMILES string of the molecule is CCOc1ccc(C(O)=C2C(=O)C(=O)N(CCN(CC)CC)[C@@H]2c2ccc(C(C)(C)C)cc2)c(C)c1. The van der Waals surface area contributed by atoms with E-state index in [1.807, 2.05) is 44.2 Å². The van der Waals surface area contributed by atoms with Crippen LogP contribution in [-0.4, -0.2) is 59.4 Å². The van der Waals surface area contributed by atoms with Gasteiger partial charge in [0.2, 0.25) is 0 Å². The van der Waals surface area contributed by atoms with Crippen LogP contribution < -0.4 is 4.74 Å². The van der Waals surface area contributed by atoms with E-state index in [4.69, 9.17) is 4.74 Å². The Morgan fingerprint density at radius 2 is 1.67 bits per heavy atom. The molecule has 0 aromatic heterocycles. The number of nitrogens with zero attached hydrogens (tertiary/aromatic N) is 2. The van der Waals surface area contributed by atoms with Crippen LogP contribution in [-0.2, 0) is 15.0 Å². The van der Waals surface area contributed by atoms with E-state index in [0.29, 0.717) is 31.0 Å². The van der Waals surface area contributed by atoms with Gasteiger partial charge < -0.3 is 19.6 Å². The fourth-order valence-corrected chi connectivity index (χ4v) is 4.71. The molecule has 36 heavy (non-hydrogen) atoms. The van der Waals surface area contributed by atoms with Gasteiger partial charge in [-0.15, -0.1) is 0 Å². The third-order valence-electron chi connectivity index (χ3n) is 6.95. The third-order valence-corrected chi connectivity index (χ3v) is 6.95. The highest BCUT2D eigenvalue weighted by molar-refractivity contribution is 6.46. The zero-order valence-corrected chi connectivity index (χ0v) is 22.7. The Morgan fingerprint density at radius 3 is 2.19 bits per heavy atom. The molecule has 194 valence electrons. The van der Waals surface area contributed by atoms with Crippen LogP contribution in [0.3, 0.4) is 0 Å². The summed E-state index contributed by atoms with van der Waals surface area (Å²) >= 11 is 0. The number of hydrogen-bond donors (Lipinski definition) is 1. The monoisotopic (exact) mass is 492 g/mol. The number of carbonyl (C=O) groups excluding carboxylic acids is 2. The number of rotatable bonds is 9. The van der Waals surface area contributed by atoms with Crippen molar-refractivity contribution in [1.82, 2.24) is 9.80 Å². The zero-order chi connectivity index (χ0) is 26.6. The predicted octanol–water partition coefficient (Wildman–Crippen LogP) is 5.45. The molecule has 1 aliphatic rings. The molecule has 1 heterocycles. The molecular weight excluding hydrogens is 452 g/mol. The Balaban J connectivity index is 2.13. The minimum atomic E-state index is -0.652. The van der Waals surface area contributed by atoms with Crippen molar-refractivity contribution < 1.29 is 19.4 Å². The van der Waals surface area contributed by atoms with Gasteiger partial charge in [0, 0.05) is 18.7 Å². The summed E-state index contributed by atoms with van der Waals surface area (Å²) in [5, 5.41) is 11.4. The minimum absolute atomic E-state index is 0.0253. The molecule has 1 amide bonds. The average Bonchev–Trinajstić information content (AvgIpc) is 3.09. The first-order valence-electron chi connectivity index (χ1n) is 12.9. The lowest BCUT2D eigenvalue weighted by Gasteiger charge is -2.29. The quantitative estimate of drug-likeness (QED) is 0.286. The van der Waals surface area contributed by atoms with Crippen molar-refractivity contribution in [3.8, 4) is 5.75 Å². The van der Waals surface area contributed by atoms with Gasteiger partial charge in [-0.2, -0.15) is 0 Å². The van der Waals surface area contributed by atoms with Crippen molar-refractivity contribution >= 4 is 17.4 Å². The lowest BCUT2D eigenvalue weighted by Crippen LogP contribution is -2.38. The van der Waals surface area contributed by atoms with Crippen molar-refractivity contribution in [2.75, 3.05) is 32.8 Å². The number of aryl methyl sites for hydroxylation is 1. The van der Waals surface area contributed by atoms with Crippen LogP contribution in [0.15, 0.2) is 48.0 Å². The molecule has 1 N–H and O–H groups in total. The summed E-state index contributed by atoms with van der Waals surface area (Å²) in [6.45, 7) is 17.7. The molecule has 2 aromatic carbocycles. The lowest BCUT2D eigenvalue weighted by atomic mass is 9.85. The summed E-state index contributed by atoms with van der Waals surface area (Å²) in [6.07, 6.45) is 0. The molecule has 1 aliphatic heterocycles. The molecule has 6 heteroatoms. The van der Waals surface area contributed by atoms with Crippen molar-refractivity contribution in [2.24, 2.45) is 0 Å². The van der Waals surface area contributed by atoms with Gasteiger partial charge in [0.05, 0.1) is 18.2 Å². The van der Waals surface area contributed by atoms with Crippen LogP contribution in [0.4, 0.5) is 0 Å². The normalized spacial score (nSPS) is 17.8. The highest BCUT2D eigenvalue weighted by atomic mass is 16.5. The lowest BCUT2D eigenvalue weighted by molar-refractivity contribution is -0.140. The van der Waals surface area contributed by atoms with Crippen molar-refractivity contribution in [1.29, 1.82) is 0 Å². The number of aliphatic hydroxyl groups is 1. The van der Waals surface area contributed by atoms with E-state index in [2.05, 4.69) is 39.5 Å². The van der Waals surface area contributed by atoms with Crippen LogP contribution in [0, 0.1) is 6.92 Å². The van der Waals surface area contributed by atoms with E-state index in [1.165, 1.54) is 0 Å². The van der Waals surface area contributed by atoms with Gasteiger partial charge in [-0.3, -0.25) is 9.59 Å². The van der Waals surface area contributed by atoms with Gasteiger partial charge in [0.25, 0.3) is 11.7 Å². The molecule has 3 rings (SSSR count). The highest BCUT2D eigenvalue weighted by Crippen LogP contribution is 2.40. The Morgan fingerprint density at radius 1 is 1.03 bits per heavy atom.